The van der Waals surface area contributed by atoms with Crippen LogP contribution in [0.4, 0.5) is 10.5 Å². The predicted molar refractivity (Wildman–Crippen MR) is 86.1 cm³/mol. The number of aromatic carboxylic acids is 1. The molecule has 0 aliphatic heterocycles. The Morgan fingerprint density at radius 2 is 2.00 bits per heavy atom. The fourth-order valence-corrected chi connectivity index (χ4v) is 2.04. The molecule has 2 heterocycles. The molecule has 0 spiro atoms. The molecule has 0 aromatic carbocycles. The molecule has 2 aromatic rings. The van der Waals surface area contributed by atoms with E-state index in [1.54, 1.807) is 20.8 Å². The number of nitrogens with one attached hydrogen (secondary N) is 1. The van der Waals surface area contributed by atoms with Crippen molar-refractivity contribution in [1.29, 1.82) is 0 Å². The normalized spacial score (nSPS) is 11.2. The SMILES string of the molecule is Cn1nnc(-c2ccc(NC(=O)OC(C)(C)C)c(Cl)n2)c1C(=O)O. The first-order valence-electron chi connectivity index (χ1n) is 6.88. The van der Waals surface area contributed by atoms with E-state index in [-0.39, 0.29) is 27.9 Å². The Kier molecular flexibility index (Phi) is 4.74. The van der Waals surface area contributed by atoms with Crippen LogP contribution in [0, 0.1) is 0 Å². The van der Waals surface area contributed by atoms with Crippen LogP contribution in [0.3, 0.4) is 0 Å². The maximum atomic E-state index is 11.8. The van der Waals surface area contributed by atoms with Gasteiger partial charge in [0.2, 0.25) is 0 Å². The highest BCUT2D eigenvalue weighted by molar-refractivity contribution is 6.32. The molecule has 0 bridgehead atoms. The fraction of sp³-hybridized carbons (Fsp3) is 0.357. The van der Waals surface area contributed by atoms with Gasteiger partial charge >= 0.3 is 12.1 Å². The molecule has 0 aliphatic carbocycles. The number of carboxylic acids is 1. The molecule has 1 amide bonds. The quantitative estimate of drug-likeness (QED) is 0.813. The number of carbonyl (C=O) groups is 2. The van der Waals surface area contributed by atoms with Gasteiger partial charge in [-0.2, -0.15) is 0 Å². The van der Waals surface area contributed by atoms with Crippen molar-refractivity contribution >= 4 is 29.4 Å². The first kappa shape index (κ1) is 17.7. The molecule has 10 heteroatoms. The largest absolute Gasteiger partial charge is 0.476 e. The van der Waals surface area contributed by atoms with E-state index in [2.05, 4.69) is 20.6 Å². The van der Waals surface area contributed by atoms with Crippen molar-refractivity contribution in [3.8, 4) is 11.4 Å². The second-order valence-corrected chi connectivity index (χ2v) is 6.24. The van der Waals surface area contributed by atoms with E-state index >= 15 is 0 Å². The lowest BCUT2D eigenvalue weighted by atomic mass is 10.2. The minimum absolute atomic E-state index is 0.0275. The highest BCUT2D eigenvalue weighted by Gasteiger charge is 2.22. The van der Waals surface area contributed by atoms with Gasteiger partial charge in [-0.05, 0) is 32.9 Å². The van der Waals surface area contributed by atoms with Crippen molar-refractivity contribution in [3.63, 3.8) is 0 Å². The first-order valence-corrected chi connectivity index (χ1v) is 7.26. The molecule has 0 aliphatic rings. The van der Waals surface area contributed by atoms with Crippen LogP contribution in [0.2, 0.25) is 5.15 Å². The number of hydrogen-bond donors (Lipinski definition) is 2. The number of aromatic nitrogens is 4. The summed E-state index contributed by atoms with van der Waals surface area (Å²) in [5.41, 5.74) is -0.238. The van der Waals surface area contributed by atoms with E-state index in [0.717, 1.165) is 4.68 Å². The topological polar surface area (TPSA) is 119 Å². The van der Waals surface area contributed by atoms with Gasteiger partial charge < -0.3 is 9.84 Å². The Hall–Kier alpha value is -2.68. The van der Waals surface area contributed by atoms with Crippen LogP contribution in [0.5, 0.6) is 0 Å². The number of halogens is 1. The number of rotatable bonds is 3. The Balaban J connectivity index is 2.28. The zero-order valence-electron chi connectivity index (χ0n) is 13.5. The number of hydrogen-bond acceptors (Lipinski definition) is 6. The molecular weight excluding hydrogens is 338 g/mol. The molecular formula is C14H16ClN5O4. The van der Waals surface area contributed by atoms with Gasteiger partial charge in [-0.15, -0.1) is 5.10 Å². The van der Waals surface area contributed by atoms with Crippen molar-refractivity contribution in [2.24, 2.45) is 7.05 Å². The summed E-state index contributed by atoms with van der Waals surface area (Å²) in [5.74, 6) is -1.19. The maximum Gasteiger partial charge on any atom is 0.412 e. The van der Waals surface area contributed by atoms with Crippen molar-refractivity contribution in [3.05, 3.63) is 23.0 Å². The monoisotopic (exact) mass is 353 g/mol. The third-order valence-corrected chi connectivity index (χ3v) is 3.04. The highest BCUT2D eigenvalue weighted by atomic mass is 35.5. The summed E-state index contributed by atoms with van der Waals surface area (Å²) in [6, 6.07) is 2.96. The van der Waals surface area contributed by atoms with E-state index in [9.17, 15) is 14.7 Å². The molecule has 0 fully saturated rings. The third-order valence-electron chi connectivity index (χ3n) is 2.76. The van der Waals surface area contributed by atoms with Crippen LogP contribution in [-0.2, 0) is 11.8 Å². The Morgan fingerprint density at radius 1 is 1.33 bits per heavy atom. The van der Waals surface area contributed by atoms with Crippen LogP contribution in [0.25, 0.3) is 11.4 Å². The molecule has 0 radical (unpaired) electrons. The molecule has 0 atom stereocenters. The van der Waals surface area contributed by atoms with E-state index < -0.39 is 17.7 Å². The third kappa shape index (κ3) is 3.99. The number of carbonyl (C=O) groups excluding carboxylic acids is 1. The van der Waals surface area contributed by atoms with Gasteiger partial charge in [-0.3, -0.25) is 5.32 Å². The molecule has 0 saturated carbocycles. The lowest BCUT2D eigenvalue weighted by molar-refractivity contribution is 0.0633. The number of pyridine rings is 1. The van der Waals surface area contributed by atoms with Crippen molar-refractivity contribution in [2.45, 2.75) is 26.4 Å². The van der Waals surface area contributed by atoms with Gasteiger partial charge in [0, 0.05) is 7.05 Å². The number of amides is 1. The Labute approximate surface area is 142 Å². The number of carboxylic acid groups (broad SMARTS) is 1. The van der Waals surface area contributed by atoms with Crippen LogP contribution in [-0.4, -0.2) is 42.7 Å². The molecule has 9 nitrogen and oxygen atoms in total. The summed E-state index contributed by atoms with van der Waals surface area (Å²) >= 11 is 6.05. The van der Waals surface area contributed by atoms with E-state index in [0.29, 0.717) is 0 Å². The summed E-state index contributed by atoms with van der Waals surface area (Å²) in [6.45, 7) is 5.20. The molecule has 2 aromatic heterocycles. The second-order valence-electron chi connectivity index (χ2n) is 5.88. The molecule has 128 valence electrons. The standard InChI is InChI=1S/C14H16ClN5O4/c1-14(2,3)24-13(23)17-8-6-5-7(16-11(8)15)9-10(12(21)22)20(4)19-18-9/h5-6H,1-4H3,(H,17,23)(H,21,22). The van der Waals surface area contributed by atoms with Crippen molar-refractivity contribution in [2.75, 3.05) is 5.32 Å². The number of aryl methyl sites for hydroxylation is 1. The smallest absolute Gasteiger partial charge is 0.412 e. The summed E-state index contributed by atoms with van der Waals surface area (Å²) in [5, 5.41) is 19.1. The van der Waals surface area contributed by atoms with Crippen LogP contribution >= 0.6 is 11.6 Å². The Bertz CT molecular complexity index is 797. The Morgan fingerprint density at radius 3 is 2.54 bits per heavy atom. The van der Waals surface area contributed by atoms with Crippen LogP contribution in [0.1, 0.15) is 31.3 Å². The maximum absolute atomic E-state index is 11.8. The minimum atomic E-state index is -1.19. The number of nitrogens with zero attached hydrogens (tertiary/aromatic N) is 4. The summed E-state index contributed by atoms with van der Waals surface area (Å²) in [4.78, 5) is 27.1. The molecule has 24 heavy (non-hydrogen) atoms. The number of ether oxygens (including phenoxy) is 1. The van der Waals surface area contributed by atoms with Crippen LogP contribution in [0.15, 0.2) is 12.1 Å². The minimum Gasteiger partial charge on any atom is -0.476 e. The molecule has 2 rings (SSSR count). The van der Waals surface area contributed by atoms with E-state index in [1.807, 2.05) is 0 Å². The van der Waals surface area contributed by atoms with Gasteiger partial charge in [0.1, 0.15) is 11.3 Å². The fourth-order valence-electron chi connectivity index (χ4n) is 1.84. The average Bonchev–Trinajstić information content (AvgIpc) is 2.81. The molecule has 0 saturated heterocycles. The van der Waals surface area contributed by atoms with Gasteiger partial charge in [0.05, 0.1) is 11.4 Å². The zero-order chi connectivity index (χ0) is 18.1. The van der Waals surface area contributed by atoms with E-state index in [4.69, 9.17) is 16.3 Å². The van der Waals surface area contributed by atoms with E-state index in [1.165, 1.54) is 19.2 Å². The van der Waals surface area contributed by atoms with Crippen molar-refractivity contribution in [1.82, 2.24) is 20.0 Å². The van der Waals surface area contributed by atoms with Crippen LogP contribution < -0.4 is 5.32 Å². The molecule has 0 unspecified atom stereocenters. The second kappa shape index (κ2) is 6.44. The lowest BCUT2D eigenvalue weighted by Gasteiger charge is -2.19. The highest BCUT2D eigenvalue weighted by Crippen LogP contribution is 2.26. The average molecular weight is 354 g/mol. The first-order chi connectivity index (χ1) is 11.1. The zero-order valence-corrected chi connectivity index (χ0v) is 14.2. The summed E-state index contributed by atoms with van der Waals surface area (Å²) in [6.07, 6.45) is -0.676. The van der Waals surface area contributed by atoms with Gasteiger partial charge in [-0.25, -0.2) is 19.3 Å². The summed E-state index contributed by atoms with van der Waals surface area (Å²) in [7, 11) is 1.46. The molecule has 2 N–H and O–H groups in total. The summed E-state index contributed by atoms with van der Waals surface area (Å²) < 4.78 is 6.25. The van der Waals surface area contributed by atoms with Gasteiger partial charge in [-0.1, -0.05) is 16.8 Å². The van der Waals surface area contributed by atoms with Gasteiger partial charge in [0.15, 0.2) is 10.8 Å². The predicted octanol–water partition coefficient (Wildman–Crippen LogP) is 2.58. The van der Waals surface area contributed by atoms with Crippen molar-refractivity contribution < 1.29 is 19.4 Å². The van der Waals surface area contributed by atoms with Gasteiger partial charge in [0.25, 0.3) is 0 Å². The lowest BCUT2D eigenvalue weighted by Crippen LogP contribution is -2.27. The number of anilines is 1.